The van der Waals surface area contributed by atoms with Gasteiger partial charge in [0.2, 0.25) is 0 Å². The highest BCUT2D eigenvalue weighted by Crippen LogP contribution is 2.21. The van der Waals surface area contributed by atoms with Crippen LogP contribution in [0.25, 0.3) is 0 Å². The topological polar surface area (TPSA) is 59.0 Å². The fourth-order valence-electron chi connectivity index (χ4n) is 1.90. The van der Waals surface area contributed by atoms with E-state index in [1.54, 1.807) is 0 Å². The van der Waals surface area contributed by atoms with Gasteiger partial charge in [-0.15, -0.1) is 0 Å². The molecule has 0 aliphatic rings. The van der Waals surface area contributed by atoms with E-state index < -0.39 is 6.04 Å². The van der Waals surface area contributed by atoms with Crippen LogP contribution in [0.2, 0.25) is 0 Å². The van der Waals surface area contributed by atoms with Gasteiger partial charge in [0, 0.05) is 0 Å². The summed E-state index contributed by atoms with van der Waals surface area (Å²) >= 11 is 0. The van der Waals surface area contributed by atoms with E-state index in [0.29, 0.717) is 6.61 Å². The molecule has 0 aliphatic carbocycles. The van der Waals surface area contributed by atoms with Gasteiger partial charge in [0.25, 0.3) is 0 Å². The van der Waals surface area contributed by atoms with Crippen molar-refractivity contribution in [3.05, 3.63) is 65.2 Å². The highest BCUT2D eigenvalue weighted by molar-refractivity contribution is 5.38. The van der Waals surface area contributed by atoms with E-state index in [4.69, 9.17) is 15.7 Å². The van der Waals surface area contributed by atoms with Gasteiger partial charge < -0.3 is 10.5 Å². The zero-order valence-corrected chi connectivity index (χ0v) is 10.8. The van der Waals surface area contributed by atoms with Crippen LogP contribution >= 0.6 is 0 Å². The maximum atomic E-state index is 8.83. The Bertz CT molecular complexity index is 587. The molecule has 2 aromatic rings. The maximum Gasteiger partial charge on any atom is 0.120 e. The number of aryl methyl sites for hydroxylation is 1. The molecule has 0 aromatic heterocycles. The van der Waals surface area contributed by atoms with Gasteiger partial charge in [-0.3, -0.25) is 0 Å². The molecule has 0 radical (unpaired) electrons. The zero-order chi connectivity index (χ0) is 13.7. The van der Waals surface area contributed by atoms with Gasteiger partial charge in [0.1, 0.15) is 18.4 Å². The fraction of sp³-hybridized carbons (Fsp3) is 0.188. The molecule has 2 rings (SSSR count). The smallest absolute Gasteiger partial charge is 0.120 e. The number of ether oxygens (including phenoxy) is 1. The largest absolute Gasteiger partial charge is 0.489 e. The maximum absolute atomic E-state index is 8.83. The molecule has 1 atom stereocenters. The Labute approximate surface area is 113 Å². The number of hydrogen-bond acceptors (Lipinski definition) is 3. The van der Waals surface area contributed by atoms with Crippen molar-refractivity contribution >= 4 is 0 Å². The van der Waals surface area contributed by atoms with Crippen LogP contribution in [0.3, 0.4) is 0 Å². The van der Waals surface area contributed by atoms with Crippen molar-refractivity contribution in [2.45, 2.75) is 19.6 Å². The molecule has 0 spiro atoms. The first-order valence-corrected chi connectivity index (χ1v) is 6.13. The molecule has 0 amide bonds. The molecule has 0 heterocycles. The molecule has 0 saturated carbocycles. The highest BCUT2D eigenvalue weighted by Gasteiger charge is 2.08. The Morgan fingerprint density at radius 2 is 1.95 bits per heavy atom. The molecular weight excluding hydrogens is 236 g/mol. The number of hydrogen-bond donors (Lipinski definition) is 1. The van der Waals surface area contributed by atoms with Crippen LogP contribution < -0.4 is 10.5 Å². The van der Waals surface area contributed by atoms with Crippen LogP contribution in [0.5, 0.6) is 5.75 Å². The lowest BCUT2D eigenvalue weighted by molar-refractivity contribution is 0.306. The Morgan fingerprint density at radius 3 is 2.58 bits per heavy atom. The van der Waals surface area contributed by atoms with Crippen molar-refractivity contribution in [3.63, 3.8) is 0 Å². The van der Waals surface area contributed by atoms with E-state index in [1.807, 2.05) is 61.5 Å². The van der Waals surface area contributed by atoms with Crippen LogP contribution in [0.1, 0.15) is 22.7 Å². The Kier molecular flexibility index (Phi) is 4.17. The predicted octanol–water partition coefficient (Wildman–Crippen LogP) is 3.10. The van der Waals surface area contributed by atoms with Crippen molar-refractivity contribution < 1.29 is 4.74 Å². The summed E-state index contributed by atoms with van der Waals surface area (Å²) < 4.78 is 5.72. The van der Waals surface area contributed by atoms with Crippen LogP contribution in [-0.4, -0.2) is 0 Å². The van der Waals surface area contributed by atoms with Crippen LogP contribution in [0, 0.1) is 18.3 Å². The molecule has 3 nitrogen and oxygen atoms in total. The fourth-order valence-corrected chi connectivity index (χ4v) is 1.90. The first kappa shape index (κ1) is 13.1. The summed E-state index contributed by atoms with van der Waals surface area (Å²) in [6.45, 7) is 2.46. The Morgan fingerprint density at radius 1 is 1.21 bits per heavy atom. The standard InChI is InChI=1S/C16H16N2O/c1-12-9-14(7-8-15(12)16(18)10-17)19-11-13-5-3-2-4-6-13/h2-9,16H,11,18H2,1H3. The molecule has 96 valence electrons. The lowest BCUT2D eigenvalue weighted by atomic mass is 10.0. The quantitative estimate of drug-likeness (QED) is 0.909. The first-order valence-electron chi connectivity index (χ1n) is 6.13. The minimum Gasteiger partial charge on any atom is -0.489 e. The van der Waals surface area contributed by atoms with Crippen molar-refractivity contribution in [2.24, 2.45) is 5.73 Å². The molecule has 0 aliphatic heterocycles. The number of nitrogens with two attached hydrogens (primary N) is 1. The lowest BCUT2D eigenvalue weighted by Gasteiger charge is -2.11. The lowest BCUT2D eigenvalue weighted by Crippen LogP contribution is -2.09. The van der Waals surface area contributed by atoms with E-state index in [2.05, 4.69) is 0 Å². The number of nitriles is 1. The Balaban J connectivity index is 2.07. The third-order valence-corrected chi connectivity index (χ3v) is 2.96. The predicted molar refractivity (Wildman–Crippen MR) is 74.5 cm³/mol. The summed E-state index contributed by atoms with van der Waals surface area (Å²) in [5.41, 5.74) is 8.65. The molecular formula is C16H16N2O. The molecule has 3 heteroatoms. The van der Waals surface area contributed by atoms with Gasteiger partial charge in [0.05, 0.1) is 6.07 Å². The van der Waals surface area contributed by atoms with Crippen molar-refractivity contribution in [1.82, 2.24) is 0 Å². The van der Waals surface area contributed by atoms with Gasteiger partial charge in [-0.1, -0.05) is 36.4 Å². The molecule has 2 N–H and O–H groups in total. The summed E-state index contributed by atoms with van der Waals surface area (Å²) in [4.78, 5) is 0. The monoisotopic (exact) mass is 252 g/mol. The summed E-state index contributed by atoms with van der Waals surface area (Å²) in [6.07, 6.45) is 0. The van der Waals surface area contributed by atoms with E-state index in [-0.39, 0.29) is 0 Å². The third-order valence-electron chi connectivity index (χ3n) is 2.96. The molecule has 0 fully saturated rings. The minimum atomic E-state index is -0.580. The number of benzene rings is 2. The molecule has 0 saturated heterocycles. The van der Waals surface area contributed by atoms with Gasteiger partial charge >= 0.3 is 0 Å². The van der Waals surface area contributed by atoms with E-state index >= 15 is 0 Å². The first-order chi connectivity index (χ1) is 9.20. The average Bonchev–Trinajstić information content (AvgIpc) is 2.45. The van der Waals surface area contributed by atoms with Crippen LogP contribution in [0.4, 0.5) is 0 Å². The summed E-state index contributed by atoms with van der Waals surface area (Å²) in [6, 6.07) is 17.1. The third kappa shape index (κ3) is 3.34. The van der Waals surface area contributed by atoms with Gasteiger partial charge in [-0.05, 0) is 35.7 Å². The van der Waals surface area contributed by atoms with Crippen LogP contribution in [-0.2, 0) is 6.61 Å². The van der Waals surface area contributed by atoms with Crippen molar-refractivity contribution in [1.29, 1.82) is 5.26 Å². The SMILES string of the molecule is Cc1cc(OCc2ccccc2)ccc1C(N)C#N. The second-order valence-corrected chi connectivity index (χ2v) is 4.40. The second kappa shape index (κ2) is 6.03. The van der Waals surface area contributed by atoms with Crippen molar-refractivity contribution in [3.8, 4) is 11.8 Å². The Hall–Kier alpha value is -2.31. The highest BCUT2D eigenvalue weighted by atomic mass is 16.5. The van der Waals surface area contributed by atoms with E-state index in [1.165, 1.54) is 0 Å². The van der Waals surface area contributed by atoms with Gasteiger partial charge in [-0.2, -0.15) is 5.26 Å². The van der Waals surface area contributed by atoms with E-state index in [0.717, 1.165) is 22.4 Å². The minimum absolute atomic E-state index is 0.532. The average molecular weight is 252 g/mol. The number of nitrogens with zero attached hydrogens (tertiary/aromatic N) is 1. The summed E-state index contributed by atoms with van der Waals surface area (Å²) in [5.74, 6) is 0.787. The zero-order valence-electron chi connectivity index (χ0n) is 10.8. The summed E-state index contributed by atoms with van der Waals surface area (Å²) in [5, 5.41) is 8.83. The van der Waals surface area contributed by atoms with E-state index in [9.17, 15) is 0 Å². The normalized spacial score (nSPS) is 11.6. The van der Waals surface area contributed by atoms with Crippen molar-refractivity contribution in [2.75, 3.05) is 0 Å². The molecule has 0 bridgehead atoms. The molecule has 2 aromatic carbocycles. The van der Waals surface area contributed by atoms with Gasteiger partial charge in [0.15, 0.2) is 0 Å². The van der Waals surface area contributed by atoms with Crippen LogP contribution in [0.15, 0.2) is 48.5 Å². The second-order valence-electron chi connectivity index (χ2n) is 4.40. The number of rotatable bonds is 4. The van der Waals surface area contributed by atoms with Gasteiger partial charge in [-0.25, -0.2) is 0 Å². The molecule has 19 heavy (non-hydrogen) atoms. The summed E-state index contributed by atoms with van der Waals surface area (Å²) in [7, 11) is 0. The molecule has 1 unspecified atom stereocenters.